The van der Waals surface area contributed by atoms with Crippen molar-refractivity contribution in [1.29, 1.82) is 0 Å². The van der Waals surface area contributed by atoms with Gasteiger partial charge in [-0.2, -0.15) is 0 Å². The van der Waals surface area contributed by atoms with Crippen molar-refractivity contribution < 1.29 is 23.7 Å². The van der Waals surface area contributed by atoms with Gasteiger partial charge >= 0.3 is 5.97 Å². The third-order valence-electron chi connectivity index (χ3n) is 6.38. The lowest BCUT2D eigenvalue weighted by atomic mass is 9.93. The summed E-state index contributed by atoms with van der Waals surface area (Å²) in [5.41, 5.74) is 3.43. The Morgan fingerprint density at radius 3 is 2.65 bits per heavy atom. The van der Waals surface area contributed by atoms with Crippen molar-refractivity contribution in [3.05, 3.63) is 90.1 Å². The van der Waals surface area contributed by atoms with E-state index in [0.717, 1.165) is 11.1 Å². The van der Waals surface area contributed by atoms with Gasteiger partial charge in [0.1, 0.15) is 6.61 Å². The molecule has 9 heteroatoms. The Bertz CT molecular complexity index is 1550. The van der Waals surface area contributed by atoms with Crippen molar-refractivity contribution in [2.24, 2.45) is 4.99 Å². The number of hydrogen-bond acceptors (Lipinski definition) is 8. The van der Waals surface area contributed by atoms with Crippen molar-refractivity contribution >= 4 is 23.4 Å². The molecule has 192 valence electrons. The fourth-order valence-corrected chi connectivity index (χ4v) is 5.46. The maximum atomic E-state index is 13.8. The Morgan fingerprint density at radius 1 is 1.16 bits per heavy atom. The van der Waals surface area contributed by atoms with Crippen molar-refractivity contribution in [1.82, 2.24) is 4.57 Å². The van der Waals surface area contributed by atoms with E-state index in [2.05, 4.69) is 18.8 Å². The van der Waals surface area contributed by atoms with Crippen molar-refractivity contribution in [2.45, 2.75) is 32.7 Å². The van der Waals surface area contributed by atoms with Crippen LogP contribution in [0.4, 0.5) is 0 Å². The summed E-state index contributed by atoms with van der Waals surface area (Å²) < 4.78 is 23.5. The summed E-state index contributed by atoms with van der Waals surface area (Å²) in [6, 6.07) is 12.9. The molecule has 3 aromatic rings. The molecule has 1 unspecified atom stereocenters. The van der Waals surface area contributed by atoms with Crippen molar-refractivity contribution in [3.8, 4) is 11.5 Å². The molecule has 2 aromatic carbocycles. The van der Waals surface area contributed by atoms with Crippen LogP contribution in [0.5, 0.6) is 11.5 Å². The summed E-state index contributed by atoms with van der Waals surface area (Å²) >= 11 is 1.29. The highest BCUT2D eigenvalue weighted by Gasteiger charge is 2.33. The second kappa shape index (κ2) is 10.4. The van der Waals surface area contributed by atoms with Gasteiger partial charge in [-0.15, -0.1) is 0 Å². The number of esters is 1. The normalized spacial score (nSPS) is 16.7. The minimum absolute atomic E-state index is 0.111. The van der Waals surface area contributed by atoms with Gasteiger partial charge in [0, 0.05) is 7.11 Å². The van der Waals surface area contributed by atoms with E-state index in [1.165, 1.54) is 16.9 Å². The van der Waals surface area contributed by atoms with Crippen LogP contribution in [-0.2, 0) is 14.3 Å². The molecule has 0 N–H and O–H groups in total. The zero-order chi connectivity index (χ0) is 26.1. The first-order valence-corrected chi connectivity index (χ1v) is 12.9. The van der Waals surface area contributed by atoms with Crippen molar-refractivity contribution in [2.75, 3.05) is 27.1 Å². The zero-order valence-electron chi connectivity index (χ0n) is 21.1. The highest BCUT2D eigenvalue weighted by atomic mass is 32.1. The molecule has 0 amide bonds. The van der Waals surface area contributed by atoms with E-state index in [1.807, 2.05) is 42.5 Å². The number of carbonyl (C=O) groups is 1. The lowest BCUT2D eigenvalue weighted by molar-refractivity contribution is -0.140. The van der Waals surface area contributed by atoms with E-state index < -0.39 is 12.0 Å². The summed E-state index contributed by atoms with van der Waals surface area (Å²) in [4.78, 5) is 32.2. The number of aromatic nitrogens is 1. The molecule has 0 spiro atoms. The van der Waals surface area contributed by atoms with Crippen LogP contribution in [0, 0.1) is 0 Å². The maximum Gasteiger partial charge on any atom is 0.338 e. The summed E-state index contributed by atoms with van der Waals surface area (Å²) in [7, 11) is 1.54. The van der Waals surface area contributed by atoms with Gasteiger partial charge in [-0.1, -0.05) is 55.5 Å². The molecule has 8 nitrogen and oxygen atoms in total. The Kier molecular flexibility index (Phi) is 6.99. The van der Waals surface area contributed by atoms with Crippen LogP contribution in [0.2, 0.25) is 0 Å². The maximum absolute atomic E-state index is 13.8. The predicted molar refractivity (Wildman–Crippen MR) is 140 cm³/mol. The number of ether oxygens (including phenoxy) is 4. The van der Waals surface area contributed by atoms with E-state index in [9.17, 15) is 9.59 Å². The molecular formula is C28H28N2O6S. The molecule has 0 radical (unpaired) electrons. The minimum Gasteiger partial charge on any atom is -0.460 e. The number of rotatable bonds is 7. The predicted octanol–water partition coefficient (Wildman–Crippen LogP) is 3.28. The lowest BCUT2D eigenvalue weighted by Gasteiger charge is -2.25. The molecule has 5 rings (SSSR count). The molecule has 0 bridgehead atoms. The molecule has 2 aliphatic heterocycles. The quantitative estimate of drug-likeness (QED) is 0.351. The fraction of sp³-hybridized carbons (Fsp3) is 0.321. The molecule has 1 atom stereocenters. The first-order valence-electron chi connectivity index (χ1n) is 12.1. The number of thiazole rings is 1. The van der Waals surface area contributed by atoms with E-state index in [1.54, 1.807) is 24.7 Å². The number of carbonyl (C=O) groups excluding carboxylic acids is 1. The van der Waals surface area contributed by atoms with E-state index in [4.69, 9.17) is 18.9 Å². The number of fused-ring (bicyclic) bond motifs is 2. The van der Waals surface area contributed by atoms with Crippen LogP contribution in [-0.4, -0.2) is 37.7 Å². The first kappa shape index (κ1) is 25.0. The van der Waals surface area contributed by atoms with Gasteiger partial charge in [0.05, 0.1) is 28.5 Å². The zero-order valence-corrected chi connectivity index (χ0v) is 22.0. The third-order valence-corrected chi connectivity index (χ3v) is 7.36. The molecule has 0 aliphatic carbocycles. The van der Waals surface area contributed by atoms with Gasteiger partial charge in [0.25, 0.3) is 5.56 Å². The minimum atomic E-state index is -0.661. The van der Waals surface area contributed by atoms with E-state index >= 15 is 0 Å². The monoisotopic (exact) mass is 520 g/mol. The average molecular weight is 521 g/mol. The summed E-state index contributed by atoms with van der Waals surface area (Å²) in [5, 5.41) is 0. The van der Waals surface area contributed by atoms with Crippen LogP contribution in [0.25, 0.3) is 6.08 Å². The topological polar surface area (TPSA) is 88.4 Å². The van der Waals surface area contributed by atoms with Gasteiger partial charge in [0.2, 0.25) is 6.79 Å². The summed E-state index contributed by atoms with van der Waals surface area (Å²) in [5.74, 6) is 1.16. The Balaban J connectivity index is 1.63. The van der Waals surface area contributed by atoms with Crippen LogP contribution in [0.15, 0.2) is 63.5 Å². The molecular weight excluding hydrogens is 492 g/mol. The number of methoxy groups -OCH3 is 1. The third kappa shape index (κ3) is 4.84. The number of allylic oxidation sites excluding steroid dienone is 1. The molecule has 3 heterocycles. The van der Waals surface area contributed by atoms with Gasteiger partial charge in [0.15, 0.2) is 16.3 Å². The van der Waals surface area contributed by atoms with Crippen molar-refractivity contribution in [3.63, 3.8) is 0 Å². The Labute approximate surface area is 218 Å². The lowest BCUT2D eigenvalue weighted by Crippen LogP contribution is -2.40. The van der Waals surface area contributed by atoms with Crippen LogP contribution < -0.4 is 24.4 Å². The second-order valence-electron chi connectivity index (χ2n) is 9.14. The van der Waals surface area contributed by atoms with Gasteiger partial charge < -0.3 is 18.9 Å². The Morgan fingerprint density at radius 2 is 1.92 bits per heavy atom. The summed E-state index contributed by atoms with van der Waals surface area (Å²) in [6.07, 6.45) is 1.81. The molecule has 0 saturated carbocycles. The highest BCUT2D eigenvalue weighted by molar-refractivity contribution is 7.07. The van der Waals surface area contributed by atoms with Crippen LogP contribution in [0.3, 0.4) is 0 Å². The standard InChI is InChI=1S/C28H28N2O6S/c1-16(2)19-6-8-20(9-7-19)25-24(27(32)34-12-11-33-4)17(3)29-28-30(25)26(31)23(37-28)14-18-5-10-21-22(13-18)36-15-35-21/h5-10,13-14,16,25H,11-12,15H2,1-4H3. The van der Waals surface area contributed by atoms with Crippen LogP contribution >= 0.6 is 11.3 Å². The molecule has 0 fully saturated rings. The SMILES string of the molecule is COCCOC(=O)C1=C(C)N=c2sc(=Cc3ccc4c(c3)OCO4)c(=O)n2C1c1ccc(C(C)C)cc1. The largest absolute Gasteiger partial charge is 0.460 e. The highest BCUT2D eigenvalue weighted by Crippen LogP contribution is 2.33. The smallest absolute Gasteiger partial charge is 0.338 e. The molecule has 2 aliphatic rings. The average Bonchev–Trinajstić information content (AvgIpc) is 3.47. The Hall–Kier alpha value is -3.69. The fourth-order valence-electron chi connectivity index (χ4n) is 4.41. The first-order chi connectivity index (χ1) is 17.9. The second-order valence-corrected chi connectivity index (χ2v) is 10.2. The van der Waals surface area contributed by atoms with Gasteiger partial charge in [-0.05, 0) is 47.7 Å². The molecule has 0 saturated heterocycles. The van der Waals surface area contributed by atoms with E-state index in [-0.39, 0.29) is 25.6 Å². The molecule has 37 heavy (non-hydrogen) atoms. The molecule has 1 aromatic heterocycles. The number of benzene rings is 2. The summed E-state index contributed by atoms with van der Waals surface area (Å²) in [6.45, 7) is 6.59. The van der Waals surface area contributed by atoms with Gasteiger partial charge in [-0.25, -0.2) is 9.79 Å². The van der Waals surface area contributed by atoms with Crippen LogP contribution in [0.1, 0.15) is 49.4 Å². The van der Waals surface area contributed by atoms with E-state index in [0.29, 0.717) is 38.0 Å². The van der Waals surface area contributed by atoms with Gasteiger partial charge in [-0.3, -0.25) is 9.36 Å². The number of hydrogen-bond donors (Lipinski definition) is 0. The number of nitrogens with zero attached hydrogens (tertiary/aromatic N) is 2.